The van der Waals surface area contributed by atoms with E-state index in [9.17, 15) is 8.42 Å². The van der Waals surface area contributed by atoms with E-state index in [1.165, 1.54) is 12.1 Å². The van der Waals surface area contributed by atoms with Crippen molar-refractivity contribution in [1.82, 2.24) is 0 Å². The van der Waals surface area contributed by atoms with E-state index in [-0.39, 0.29) is 4.90 Å². The van der Waals surface area contributed by atoms with Gasteiger partial charge in [-0.05, 0) is 25.5 Å². The Kier molecular flexibility index (Phi) is 3.13. The van der Waals surface area contributed by atoms with Gasteiger partial charge in [0.25, 0.3) is 10.1 Å². The highest BCUT2D eigenvalue weighted by atomic mass is 32.2. The maximum Gasteiger partial charge on any atom is 0.294 e. The lowest BCUT2D eigenvalue weighted by Crippen LogP contribution is -2.00. The van der Waals surface area contributed by atoms with Crippen LogP contribution >= 0.6 is 0 Å². The maximum absolute atomic E-state index is 10.8. The van der Waals surface area contributed by atoms with Gasteiger partial charge in [0, 0.05) is 6.07 Å². The smallest absolute Gasteiger partial charge is 0.294 e. The number of ether oxygens (including phenoxy) is 1. The highest BCUT2D eigenvalue weighted by Gasteiger charge is 2.11. The normalized spacial score (nSPS) is 11.4. The molecule has 1 aromatic carbocycles. The van der Waals surface area contributed by atoms with Crippen molar-refractivity contribution in [1.29, 1.82) is 0 Å². The molecule has 1 aromatic rings. The van der Waals surface area contributed by atoms with Gasteiger partial charge in [-0.3, -0.25) is 4.55 Å². The molecule has 0 atom stereocenters. The van der Waals surface area contributed by atoms with E-state index in [1.807, 2.05) is 0 Å². The molecule has 78 valence electrons. The lowest BCUT2D eigenvalue weighted by Gasteiger charge is -2.07. The molecule has 0 saturated carbocycles. The zero-order valence-corrected chi connectivity index (χ0v) is 8.84. The molecule has 0 aliphatic carbocycles. The van der Waals surface area contributed by atoms with Gasteiger partial charge in [0.05, 0.1) is 11.5 Å². The molecule has 1 N–H and O–H groups in total. The third kappa shape index (κ3) is 2.46. The lowest BCUT2D eigenvalue weighted by molar-refractivity contribution is 0.336. The first-order valence-electron chi connectivity index (χ1n) is 4.16. The summed E-state index contributed by atoms with van der Waals surface area (Å²) in [6.07, 6.45) is 0. The third-order valence-electron chi connectivity index (χ3n) is 1.76. The van der Waals surface area contributed by atoms with Crippen LogP contribution in [0, 0.1) is 6.92 Å². The average Bonchev–Trinajstić information content (AvgIpc) is 2.07. The second-order valence-electron chi connectivity index (χ2n) is 2.84. The Hall–Kier alpha value is -1.07. The summed E-state index contributed by atoms with van der Waals surface area (Å²) in [5.74, 6) is 0.475. The minimum atomic E-state index is -4.14. The van der Waals surface area contributed by atoms with Crippen molar-refractivity contribution >= 4 is 10.1 Å². The molecule has 1 rings (SSSR count). The zero-order chi connectivity index (χ0) is 10.8. The van der Waals surface area contributed by atoms with Crippen molar-refractivity contribution in [3.8, 4) is 5.75 Å². The number of rotatable bonds is 3. The van der Waals surface area contributed by atoms with Crippen molar-refractivity contribution in [2.75, 3.05) is 6.61 Å². The van der Waals surface area contributed by atoms with E-state index >= 15 is 0 Å². The molecular formula is C9H12O4S. The van der Waals surface area contributed by atoms with Gasteiger partial charge >= 0.3 is 0 Å². The van der Waals surface area contributed by atoms with E-state index in [4.69, 9.17) is 9.29 Å². The molecule has 0 bridgehead atoms. The van der Waals surface area contributed by atoms with Crippen LogP contribution < -0.4 is 4.74 Å². The Bertz CT molecular complexity index is 422. The Morgan fingerprint density at radius 3 is 2.57 bits per heavy atom. The molecule has 5 heteroatoms. The fraction of sp³-hybridized carbons (Fsp3) is 0.333. The molecule has 0 spiro atoms. The van der Waals surface area contributed by atoms with Crippen LogP contribution in [0.4, 0.5) is 0 Å². The average molecular weight is 216 g/mol. The summed E-state index contributed by atoms with van der Waals surface area (Å²) in [6, 6.07) is 4.25. The molecule has 4 nitrogen and oxygen atoms in total. The Morgan fingerprint density at radius 1 is 1.43 bits per heavy atom. The predicted octanol–water partition coefficient (Wildman–Crippen LogP) is 1.64. The summed E-state index contributed by atoms with van der Waals surface area (Å²) < 4.78 is 35.6. The molecule has 0 unspecified atom stereocenters. The van der Waals surface area contributed by atoms with Gasteiger partial charge in [-0.15, -0.1) is 0 Å². The van der Waals surface area contributed by atoms with Crippen LogP contribution in [0.5, 0.6) is 5.75 Å². The first kappa shape index (κ1) is 11.0. The third-order valence-corrected chi connectivity index (χ3v) is 2.61. The van der Waals surface area contributed by atoms with Crippen LogP contribution in [0.2, 0.25) is 0 Å². The van der Waals surface area contributed by atoms with E-state index in [0.717, 1.165) is 5.56 Å². The summed E-state index contributed by atoms with van der Waals surface area (Å²) in [5, 5.41) is 0. The molecular weight excluding hydrogens is 204 g/mol. The monoisotopic (exact) mass is 216 g/mol. The fourth-order valence-electron chi connectivity index (χ4n) is 1.05. The van der Waals surface area contributed by atoms with Gasteiger partial charge < -0.3 is 4.74 Å². The van der Waals surface area contributed by atoms with Crippen molar-refractivity contribution in [2.24, 2.45) is 0 Å². The SMILES string of the molecule is CCOc1cc(S(=O)(=O)O)ccc1C. The summed E-state index contributed by atoms with van der Waals surface area (Å²) in [6.45, 7) is 4.06. The van der Waals surface area contributed by atoms with Crippen molar-refractivity contribution in [3.05, 3.63) is 23.8 Å². The summed E-state index contributed by atoms with van der Waals surface area (Å²) >= 11 is 0. The second kappa shape index (κ2) is 3.98. The van der Waals surface area contributed by atoms with E-state index in [1.54, 1.807) is 19.9 Å². The minimum Gasteiger partial charge on any atom is -0.494 e. The van der Waals surface area contributed by atoms with Crippen LogP contribution in [-0.4, -0.2) is 19.6 Å². The largest absolute Gasteiger partial charge is 0.494 e. The number of benzene rings is 1. The van der Waals surface area contributed by atoms with Crippen molar-refractivity contribution in [2.45, 2.75) is 18.7 Å². The van der Waals surface area contributed by atoms with Crippen LogP contribution in [-0.2, 0) is 10.1 Å². The molecule has 0 fully saturated rings. The van der Waals surface area contributed by atoms with Gasteiger partial charge in [0.2, 0.25) is 0 Å². The Morgan fingerprint density at radius 2 is 2.07 bits per heavy atom. The summed E-state index contributed by atoms with van der Waals surface area (Å²) in [5.41, 5.74) is 0.833. The van der Waals surface area contributed by atoms with Gasteiger partial charge in [0.1, 0.15) is 5.75 Å². The van der Waals surface area contributed by atoms with Crippen LogP contribution in [0.3, 0.4) is 0 Å². The first-order chi connectivity index (χ1) is 6.45. The van der Waals surface area contributed by atoms with Gasteiger partial charge in [-0.2, -0.15) is 8.42 Å². The second-order valence-corrected chi connectivity index (χ2v) is 4.26. The lowest BCUT2D eigenvalue weighted by atomic mass is 10.2. The van der Waals surface area contributed by atoms with E-state index in [2.05, 4.69) is 0 Å². The molecule has 0 amide bonds. The fourth-order valence-corrected chi connectivity index (χ4v) is 1.55. The maximum atomic E-state index is 10.8. The Labute approximate surface area is 83.3 Å². The highest BCUT2D eigenvalue weighted by Crippen LogP contribution is 2.22. The number of aryl methyl sites for hydroxylation is 1. The molecule has 0 aliphatic rings. The molecule has 0 heterocycles. The molecule has 0 radical (unpaired) electrons. The number of hydrogen-bond donors (Lipinski definition) is 1. The van der Waals surface area contributed by atoms with Gasteiger partial charge in [-0.25, -0.2) is 0 Å². The van der Waals surface area contributed by atoms with Crippen molar-refractivity contribution < 1.29 is 17.7 Å². The molecule has 0 saturated heterocycles. The zero-order valence-electron chi connectivity index (χ0n) is 8.02. The van der Waals surface area contributed by atoms with Crippen LogP contribution in [0.15, 0.2) is 23.1 Å². The predicted molar refractivity (Wildman–Crippen MR) is 52.2 cm³/mol. The Balaban J connectivity index is 3.20. The molecule has 0 aliphatic heterocycles. The van der Waals surface area contributed by atoms with E-state index in [0.29, 0.717) is 12.4 Å². The van der Waals surface area contributed by atoms with Crippen LogP contribution in [0.1, 0.15) is 12.5 Å². The van der Waals surface area contributed by atoms with E-state index < -0.39 is 10.1 Å². The number of hydrogen-bond acceptors (Lipinski definition) is 3. The van der Waals surface area contributed by atoms with Gasteiger partial charge in [-0.1, -0.05) is 6.07 Å². The van der Waals surface area contributed by atoms with Crippen LogP contribution in [0.25, 0.3) is 0 Å². The summed E-state index contributed by atoms with van der Waals surface area (Å²) in [4.78, 5) is -0.147. The quantitative estimate of drug-likeness (QED) is 0.780. The van der Waals surface area contributed by atoms with Gasteiger partial charge in [0.15, 0.2) is 0 Å². The highest BCUT2D eigenvalue weighted by molar-refractivity contribution is 7.85. The minimum absolute atomic E-state index is 0.147. The standard InChI is InChI=1S/C9H12O4S/c1-3-13-9-6-8(14(10,11)12)5-4-7(9)2/h4-6H,3H2,1-2H3,(H,10,11,12). The van der Waals surface area contributed by atoms with Crippen molar-refractivity contribution in [3.63, 3.8) is 0 Å². The molecule has 14 heavy (non-hydrogen) atoms. The first-order valence-corrected chi connectivity index (χ1v) is 5.60. The summed E-state index contributed by atoms with van der Waals surface area (Å²) in [7, 11) is -4.14. The molecule has 0 aromatic heterocycles. The topological polar surface area (TPSA) is 63.6 Å².